The molecular weight excluding hydrogens is 533 g/mol. The van der Waals surface area contributed by atoms with E-state index in [2.05, 4.69) is 5.32 Å². The van der Waals surface area contributed by atoms with Gasteiger partial charge in [0.25, 0.3) is 0 Å². The quantitative estimate of drug-likeness (QED) is 0.341. The lowest BCUT2D eigenvalue weighted by Gasteiger charge is -2.32. The number of sulfonamides is 1. The SMILES string of the molecule is CCC(C)NC(=O)C(CC)N(Cc1ccccc1Cl)C(=O)CCCN(c1cc(Cl)ccc1C)S(C)(=O)=O. The summed E-state index contributed by atoms with van der Waals surface area (Å²) in [5, 5.41) is 3.91. The van der Waals surface area contributed by atoms with Crippen molar-refractivity contribution in [3.63, 3.8) is 0 Å². The van der Waals surface area contributed by atoms with Crippen molar-refractivity contribution < 1.29 is 18.0 Å². The Bertz CT molecular complexity index is 1190. The van der Waals surface area contributed by atoms with E-state index in [0.29, 0.717) is 22.2 Å². The molecule has 10 heteroatoms. The van der Waals surface area contributed by atoms with E-state index in [-0.39, 0.29) is 43.8 Å². The fourth-order valence-electron chi connectivity index (χ4n) is 4.00. The molecule has 0 saturated carbocycles. The minimum atomic E-state index is -3.61. The van der Waals surface area contributed by atoms with Crippen LogP contribution in [0.2, 0.25) is 10.0 Å². The first-order chi connectivity index (χ1) is 17.4. The maximum Gasteiger partial charge on any atom is 0.243 e. The van der Waals surface area contributed by atoms with Gasteiger partial charge in [0.05, 0.1) is 11.9 Å². The number of aryl methyl sites for hydroxylation is 1. The highest BCUT2D eigenvalue weighted by atomic mass is 35.5. The number of amides is 2. The fraction of sp³-hybridized carbons (Fsp3) is 0.481. The summed E-state index contributed by atoms with van der Waals surface area (Å²) in [6.07, 6.45) is 2.65. The minimum absolute atomic E-state index is 0.0249. The van der Waals surface area contributed by atoms with E-state index in [1.165, 1.54) is 4.31 Å². The molecule has 0 aromatic heterocycles. The average Bonchev–Trinajstić information content (AvgIpc) is 2.83. The third-order valence-corrected chi connectivity index (χ3v) is 8.06. The Balaban J connectivity index is 2.27. The highest BCUT2D eigenvalue weighted by Gasteiger charge is 2.30. The molecule has 0 spiro atoms. The number of rotatable bonds is 13. The van der Waals surface area contributed by atoms with Crippen LogP contribution >= 0.6 is 23.2 Å². The predicted molar refractivity (Wildman–Crippen MR) is 152 cm³/mol. The number of nitrogens with zero attached hydrogens (tertiary/aromatic N) is 2. The van der Waals surface area contributed by atoms with Crippen molar-refractivity contribution in [3.8, 4) is 0 Å². The Morgan fingerprint density at radius 1 is 1.05 bits per heavy atom. The molecule has 2 unspecified atom stereocenters. The normalized spacial score (nSPS) is 13.1. The Morgan fingerprint density at radius 2 is 1.73 bits per heavy atom. The second kappa shape index (κ2) is 14.0. The number of hydrogen-bond acceptors (Lipinski definition) is 4. The van der Waals surface area contributed by atoms with Gasteiger partial charge in [-0.15, -0.1) is 0 Å². The number of hydrogen-bond donors (Lipinski definition) is 1. The molecule has 0 radical (unpaired) electrons. The van der Waals surface area contributed by atoms with Gasteiger partial charge >= 0.3 is 0 Å². The molecule has 37 heavy (non-hydrogen) atoms. The zero-order valence-corrected chi connectivity index (χ0v) is 24.5. The van der Waals surface area contributed by atoms with E-state index < -0.39 is 16.1 Å². The van der Waals surface area contributed by atoms with Crippen molar-refractivity contribution >= 4 is 50.7 Å². The van der Waals surface area contributed by atoms with Crippen LogP contribution in [0.4, 0.5) is 5.69 Å². The van der Waals surface area contributed by atoms with Gasteiger partial charge in [0, 0.05) is 35.6 Å². The second-order valence-electron chi connectivity index (χ2n) is 9.22. The van der Waals surface area contributed by atoms with Crippen molar-refractivity contribution in [2.75, 3.05) is 17.1 Å². The minimum Gasteiger partial charge on any atom is -0.352 e. The Labute approximate surface area is 231 Å². The lowest BCUT2D eigenvalue weighted by Crippen LogP contribution is -2.50. The number of halogens is 2. The third kappa shape index (κ3) is 8.90. The van der Waals surface area contributed by atoms with Gasteiger partial charge in [0.2, 0.25) is 21.8 Å². The van der Waals surface area contributed by atoms with E-state index in [4.69, 9.17) is 23.2 Å². The smallest absolute Gasteiger partial charge is 0.243 e. The van der Waals surface area contributed by atoms with Crippen molar-refractivity contribution in [2.45, 2.75) is 72.0 Å². The summed E-state index contributed by atoms with van der Waals surface area (Å²) >= 11 is 12.5. The van der Waals surface area contributed by atoms with Crippen LogP contribution in [0.25, 0.3) is 0 Å². The summed E-state index contributed by atoms with van der Waals surface area (Å²) < 4.78 is 26.4. The van der Waals surface area contributed by atoms with Crippen molar-refractivity contribution in [2.24, 2.45) is 0 Å². The molecule has 0 saturated heterocycles. The van der Waals surface area contributed by atoms with Crippen LogP contribution in [0.5, 0.6) is 0 Å². The van der Waals surface area contributed by atoms with Crippen LogP contribution in [0.3, 0.4) is 0 Å². The molecule has 0 aliphatic heterocycles. The molecule has 2 aromatic carbocycles. The van der Waals surface area contributed by atoms with Gasteiger partial charge in [-0.2, -0.15) is 0 Å². The first-order valence-electron chi connectivity index (χ1n) is 12.5. The van der Waals surface area contributed by atoms with E-state index in [1.54, 1.807) is 29.2 Å². The monoisotopic (exact) mass is 569 g/mol. The summed E-state index contributed by atoms with van der Waals surface area (Å²) in [6, 6.07) is 11.6. The van der Waals surface area contributed by atoms with E-state index in [9.17, 15) is 18.0 Å². The maximum atomic E-state index is 13.5. The molecule has 0 aliphatic carbocycles. The van der Waals surface area contributed by atoms with Crippen molar-refractivity contribution in [3.05, 3.63) is 63.6 Å². The van der Waals surface area contributed by atoms with Gasteiger partial charge in [0.1, 0.15) is 6.04 Å². The third-order valence-electron chi connectivity index (χ3n) is 6.28. The van der Waals surface area contributed by atoms with Gasteiger partial charge in [-0.25, -0.2) is 8.42 Å². The molecular formula is C27H37Cl2N3O4S. The van der Waals surface area contributed by atoms with E-state index >= 15 is 0 Å². The zero-order valence-electron chi connectivity index (χ0n) is 22.1. The van der Waals surface area contributed by atoms with Crippen LogP contribution in [0.15, 0.2) is 42.5 Å². The zero-order chi connectivity index (χ0) is 27.8. The van der Waals surface area contributed by atoms with Gasteiger partial charge in [0.15, 0.2) is 0 Å². The number of carbonyl (C=O) groups excluding carboxylic acids is 2. The Kier molecular flexibility index (Phi) is 11.7. The maximum absolute atomic E-state index is 13.5. The molecule has 0 aliphatic rings. The predicted octanol–water partition coefficient (Wildman–Crippen LogP) is 5.57. The lowest BCUT2D eigenvalue weighted by atomic mass is 10.1. The summed E-state index contributed by atoms with van der Waals surface area (Å²) in [7, 11) is -3.61. The molecule has 0 heterocycles. The molecule has 2 amide bonds. The molecule has 2 atom stereocenters. The highest BCUT2D eigenvalue weighted by Crippen LogP contribution is 2.27. The van der Waals surface area contributed by atoms with Crippen molar-refractivity contribution in [1.82, 2.24) is 10.2 Å². The summed E-state index contributed by atoms with van der Waals surface area (Å²) in [4.78, 5) is 28.2. The standard InChI is InChI=1S/C27H37Cl2N3O4S/c1-6-20(4)30-27(34)24(7-2)31(18-21-11-8-9-12-23(21)29)26(33)13-10-16-32(37(5,35)36)25-17-22(28)15-14-19(25)3/h8-9,11-12,14-15,17,20,24H,6-7,10,13,16,18H2,1-5H3,(H,30,34). The average molecular weight is 571 g/mol. The molecule has 2 aromatic rings. The van der Waals surface area contributed by atoms with Gasteiger partial charge in [-0.1, -0.05) is 61.3 Å². The molecule has 204 valence electrons. The molecule has 2 rings (SSSR count). The van der Waals surface area contributed by atoms with Gasteiger partial charge < -0.3 is 10.2 Å². The second-order valence-corrected chi connectivity index (χ2v) is 12.0. The summed E-state index contributed by atoms with van der Waals surface area (Å²) in [6.45, 7) is 7.84. The van der Waals surface area contributed by atoms with Crippen LogP contribution in [-0.2, 0) is 26.2 Å². The number of anilines is 1. The lowest BCUT2D eigenvalue weighted by molar-refractivity contribution is -0.141. The number of benzene rings is 2. The van der Waals surface area contributed by atoms with E-state index in [0.717, 1.165) is 23.8 Å². The topological polar surface area (TPSA) is 86.8 Å². The molecule has 0 bridgehead atoms. The van der Waals surface area contributed by atoms with Crippen LogP contribution in [0, 0.1) is 6.92 Å². The number of nitrogens with one attached hydrogen (secondary N) is 1. The summed E-state index contributed by atoms with van der Waals surface area (Å²) in [5.74, 6) is -0.466. The van der Waals surface area contributed by atoms with Crippen LogP contribution in [-0.4, -0.2) is 50.0 Å². The molecule has 0 fully saturated rings. The van der Waals surface area contributed by atoms with Gasteiger partial charge in [-0.3, -0.25) is 13.9 Å². The van der Waals surface area contributed by atoms with Crippen molar-refractivity contribution in [1.29, 1.82) is 0 Å². The fourth-order valence-corrected chi connectivity index (χ4v) is 5.38. The summed E-state index contributed by atoms with van der Waals surface area (Å²) in [5.41, 5.74) is 1.98. The highest BCUT2D eigenvalue weighted by molar-refractivity contribution is 7.92. The Hall–Kier alpha value is -2.29. The first-order valence-corrected chi connectivity index (χ1v) is 15.1. The Morgan fingerprint density at radius 3 is 2.32 bits per heavy atom. The molecule has 1 N–H and O–H groups in total. The number of carbonyl (C=O) groups is 2. The van der Waals surface area contributed by atoms with Crippen LogP contribution in [0.1, 0.15) is 57.6 Å². The molecule has 7 nitrogen and oxygen atoms in total. The largest absolute Gasteiger partial charge is 0.352 e. The van der Waals surface area contributed by atoms with E-state index in [1.807, 2.05) is 45.9 Å². The van der Waals surface area contributed by atoms with Gasteiger partial charge in [-0.05, 0) is 62.4 Å². The van der Waals surface area contributed by atoms with Crippen LogP contribution < -0.4 is 9.62 Å². The first kappa shape index (κ1) is 30.9.